The summed E-state index contributed by atoms with van der Waals surface area (Å²) in [7, 11) is 0. The fraction of sp³-hybridized carbons (Fsp3) is 0.600. The number of halogens is 1. The van der Waals surface area contributed by atoms with E-state index >= 15 is 0 Å². The van der Waals surface area contributed by atoms with Gasteiger partial charge in [-0.2, -0.15) is 0 Å². The number of anilines is 1. The molecule has 0 spiro atoms. The van der Waals surface area contributed by atoms with E-state index in [-0.39, 0.29) is 5.38 Å². The van der Waals surface area contributed by atoms with Crippen molar-refractivity contribution in [3.63, 3.8) is 0 Å². The van der Waals surface area contributed by atoms with Crippen molar-refractivity contribution in [1.82, 2.24) is 9.97 Å². The fourth-order valence-electron chi connectivity index (χ4n) is 1.82. The third kappa shape index (κ3) is 1.98. The Labute approximate surface area is 89.1 Å². The van der Waals surface area contributed by atoms with Crippen LogP contribution in [0.1, 0.15) is 19.8 Å². The fourth-order valence-corrected chi connectivity index (χ4v) is 2.10. The Morgan fingerprint density at radius 3 is 3.00 bits per heavy atom. The van der Waals surface area contributed by atoms with Crippen LogP contribution in [0.2, 0.25) is 0 Å². The van der Waals surface area contributed by atoms with Crippen molar-refractivity contribution in [2.75, 3.05) is 11.4 Å². The van der Waals surface area contributed by atoms with Gasteiger partial charge in [-0.15, -0.1) is 11.6 Å². The molecule has 2 atom stereocenters. The molecule has 1 aliphatic heterocycles. The molecule has 0 saturated carbocycles. The van der Waals surface area contributed by atoms with E-state index in [1.807, 2.05) is 0 Å². The topological polar surface area (TPSA) is 29.0 Å². The first kappa shape index (κ1) is 9.71. The van der Waals surface area contributed by atoms with Gasteiger partial charge in [-0.1, -0.05) is 0 Å². The van der Waals surface area contributed by atoms with Crippen LogP contribution in [-0.2, 0) is 0 Å². The Kier molecular flexibility index (Phi) is 2.87. The Bertz CT molecular complexity index is 291. The molecular weight excluding hydrogens is 198 g/mol. The van der Waals surface area contributed by atoms with Crippen LogP contribution in [0.5, 0.6) is 0 Å². The van der Waals surface area contributed by atoms with Crippen LogP contribution in [0.4, 0.5) is 5.82 Å². The van der Waals surface area contributed by atoms with Crippen LogP contribution in [0.25, 0.3) is 0 Å². The van der Waals surface area contributed by atoms with E-state index in [1.165, 1.54) is 0 Å². The average Bonchev–Trinajstić information content (AvgIpc) is 2.23. The molecule has 0 aliphatic carbocycles. The zero-order chi connectivity index (χ0) is 9.97. The Morgan fingerprint density at radius 1 is 1.43 bits per heavy atom. The summed E-state index contributed by atoms with van der Waals surface area (Å²) in [5.41, 5.74) is 0. The molecule has 0 bridgehead atoms. The molecule has 1 fully saturated rings. The lowest BCUT2D eigenvalue weighted by Gasteiger charge is -2.36. The number of aromatic nitrogens is 2. The zero-order valence-corrected chi connectivity index (χ0v) is 8.98. The lowest BCUT2D eigenvalue weighted by atomic mass is 10.0. The van der Waals surface area contributed by atoms with Crippen molar-refractivity contribution < 1.29 is 0 Å². The van der Waals surface area contributed by atoms with E-state index in [9.17, 15) is 0 Å². The molecule has 1 saturated heterocycles. The highest BCUT2D eigenvalue weighted by atomic mass is 35.5. The summed E-state index contributed by atoms with van der Waals surface area (Å²) in [5.74, 6) is 0.936. The van der Waals surface area contributed by atoms with Gasteiger partial charge in [-0.25, -0.2) is 4.98 Å². The number of hydrogen-bond donors (Lipinski definition) is 0. The van der Waals surface area contributed by atoms with Crippen LogP contribution >= 0.6 is 11.6 Å². The van der Waals surface area contributed by atoms with Crippen molar-refractivity contribution >= 4 is 17.4 Å². The highest BCUT2D eigenvalue weighted by Gasteiger charge is 2.24. The lowest BCUT2D eigenvalue weighted by molar-refractivity contribution is 0.485. The summed E-state index contributed by atoms with van der Waals surface area (Å²) in [4.78, 5) is 10.6. The van der Waals surface area contributed by atoms with Crippen LogP contribution in [-0.4, -0.2) is 27.9 Å². The predicted octanol–water partition coefficient (Wildman–Crippen LogP) is 2.07. The summed E-state index contributed by atoms with van der Waals surface area (Å²) in [6, 6.07) is 0.515. The highest BCUT2D eigenvalue weighted by Crippen LogP contribution is 2.24. The molecule has 0 aromatic carbocycles. The first-order valence-corrected chi connectivity index (χ1v) is 5.37. The predicted molar refractivity (Wildman–Crippen MR) is 57.7 cm³/mol. The van der Waals surface area contributed by atoms with Gasteiger partial charge in [-0.3, -0.25) is 4.98 Å². The minimum Gasteiger partial charge on any atom is -0.351 e. The molecule has 0 radical (unpaired) electrons. The lowest BCUT2D eigenvalue weighted by Crippen LogP contribution is -2.42. The van der Waals surface area contributed by atoms with Gasteiger partial charge in [-0.05, 0) is 19.8 Å². The monoisotopic (exact) mass is 211 g/mol. The number of hydrogen-bond acceptors (Lipinski definition) is 3. The summed E-state index contributed by atoms with van der Waals surface area (Å²) in [6.07, 6.45) is 7.44. The van der Waals surface area contributed by atoms with Crippen LogP contribution < -0.4 is 4.90 Å². The van der Waals surface area contributed by atoms with Gasteiger partial charge < -0.3 is 4.90 Å². The number of alkyl halides is 1. The van der Waals surface area contributed by atoms with Gasteiger partial charge in [0, 0.05) is 25.0 Å². The van der Waals surface area contributed by atoms with Gasteiger partial charge in [0.2, 0.25) is 0 Å². The third-order valence-electron chi connectivity index (χ3n) is 2.67. The second-order valence-electron chi connectivity index (χ2n) is 3.74. The van der Waals surface area contributed by atoms with Crippen LogP contribution in [0.3, 0.4) is 0 Å². The van der Waals surface area contributed by atoms with Crippen molar-refractivity contribution in [2.24, 2.45) is 0 Å². The summed E-state index contributed by atoms with van der Waals surface area (Å²) in [5, 5.41) is 0.244. The SMILES string of the molecule is CC1CCC(Cl)CN1c1cnccn1. The van der Waals surface area contributed by atoms with Gasteiger partial charge in [0.05, 0.1) is 11.6 Å². The van der Waals surface area contributed by atoms with E-state index in [4.69, 9.17) is 11.6 Å². The second kappa shape index (κ2) is 4.13. The van der Waals surface area contributed by atoms with Crippen molar-refractivity contribution in [3.05, 3.63) is 18.6 Å². The summed E-state index contributed by atoms with van der Waals surface area (Å²) < 4.78 is 0. The van der Waals surface area contributed by atoms with Crippen LogP contribution in [0, 0.1) is 0 Å². The maximum absolute atomic E-state index is 6.14. The molecule has 14 heavy (non-hydrogen) atoms. The van der Waals surface area contributed by atoms with E-state index in [0.29, 0.717) is 6.04 Å². The van der Waals surface area contributed by atoms with E-state index in [2.05, 4.69) is 21.8 Å². The average molecular weight is 212 g/mol. The maximum Gasteiger partial charge on any atom is 0.147 e. The van der Waals surface area contributed by atoms with Crippen LogP contribution in [0.15, 0.2) is 18.6 Å². The Morgan fingerprint density at radius 2 is 2.29 bits per heavy atom. The molecule has 2 rings (SSSR count). The minimum atomic E-state index is 0.244. The highest BCUT2D eigenvalue weighted by molar-refractivity contribution is 6.21. The van der Waals surface area contributed by atoms with Gasteiger partial charge in [0.25, 0.3) is 0 Å². The molecule has 2 heterocycles. The number of nitrogens with zero attached hydrogens (tertiary/aromatic N) is 3. The quantitative estimate of drug-likeness (QED) is 0.666. The van der Waals surface area contributed by atoms with Crippen molar-refractivity contribution in [3.8, 4) is 0 Å². The molecule has 76 valence electrons. The molecule has 3 nitrogen and oxygen atoms in total. The molecule has 1 aromatic rings. The first-order chi connectivity index (χ1) is 6.77. The molecule has 1 aliphatic rings. The smallest absolute Gasteiger partial charge is 0.147 e. The zero-order valence-electron chi connectivity index (χ0n) is 8.23. The number of rotatable bonds is 1. The molecule has 4 heteroatoms. The van der Waals surface area contributed by atoms with Crippen molar-refractivity contribution in [2.45, 2.75) is 31.2 Å². The normalized spacial score (nSPS) is 27.7. The second-order valence-corrected chi connectivity index (χ2v) is 4.36. The van der Waals surface area contributed by atoms with E-state index in [1.54, 1.807) is 18.6 Å². The van der Waals surface area contributed by atoms with E-state index in [0.717, 1.165) is 25.2 Å². The number of piperidine rings is 1. The Balaban J connectivity index is 2.16. The van der Waals surface area contributed by atoms with E-state index < -0.39 is 0 Å². The summed E-state index contributed by atoms with van der Waals surface area (Å²) >= 11 is 6.14. The molecule has 0 N–H and O–H groups in total. The molecular formula is C10H14ClN3. The third-order valence-corrected chi connectivity index (χ3v) is 3.02. The van der Waals surface area contributed by atoms with Crippen molar-refractivity contribution in [1.29, 1.82) is 0 Å². The molecule has 1 aromatic heterocycles. The van der Waals surface area contributed by atoms with Gasteiger partial charge >= 0.3 is 0 Å². The standard InChI is InChI=1S/C10H14ClN3/c1-8-2-3-9(11)7-14(8)10-6-12-4-5-13-10/h4-6,8-9H,2-3,7H2,1H3. The van der Waals surface area contributed by atoms with Gasteiger partial charge in [0.15, 0.2) is 0 Å². The molecule has 2 unspecified atom stereocenters. The largest absolute Gasteiger partial charge is 0.351 e. The maximum atomic E-state index is 6.14. The summed E-state index contributed by atoms with van der Waals surface area (Å²) in [6.45, 7) is 3.08. The van der Waals surface area contributed by atoms with Gasteiger partial charge in [0.1, 0.15) is 5.82 Å². The minimum absolute atomic E-state index is 0.244. The molecule has 0 amide bonds. The Hall–Kier alpha value is -0.830. The first-order valence-electron chi connectivity index (χ1n) is 4.94.